The Morgan fingerprint density at radius 1 is 1.09 bits per heavy atom. The third-order valence-corrected chi connectivity index (χ3v) is 4.26. The Morgan fingerprint density at radius 3 is 2.50 bits per heavy atom. The van der Waals surface area contributed by atoms with Crippen LogP contribution >= 0.6 is 23.4 Å². The number of primary amides is 1. The molecule has 0 heterocycles. The van der Waals surface area contributed by atoms with Crippen LogP contribution in [0.25, 0.3) is 0 Å². The molecule has 0 aromatic heterocycles. The van der Waals surface area contributed by atoms with Gasteiger partial charge in [0.15, 0.2) is 0 Å². The highest BCUT2D eigenvalue weighted by Gasteiger charge is 2.14. The normalized spacial score (nSPS) is 10.2. The second-order valence-corrected chi connectivity index (χ2v) is 5.84. The predicted octanol–water partition coefficient (Wildman–Crippen LogP) is 3.27. The highest BCUT2D eigenvalue weighted by molar-refractivity contribution is 8.00. The number of amides is 1. The molecular weight excluding hydrogens is 322 g/mol. The molecule has 2 aromatic carbocycles. The lowest BCUT2D eigenvalue weighted by Crippen LogP contribution is -2.14. The third kappa shape index (κ3) is 4.51. The molecular formula is C16H14ClNO3S. The van der Waals surface area contributed by atoms with Crippen molar-refractivity contribution in [2.24, 2.45) is 5.73 Å². The van der Waals surface area contributed by atoms with Gasteiger partial charge in [-0.1, -0.05) is 41.9 Å². The van der Waals surface area contributed by atoms with Gasteiger partial charge in [0.25, 0.3) is 0 Å². The fourth-order valence-electron chi connectivity index (χ4n) is 1.75. The zero-order valence-corrected chi connectivity index (χ0v) is 13.2. The number of benzene rings is 2. The lowest BCUT2D eigenvalue weighted by atomic mass is 10.2. The summed E-state index contributed by atoms with van der Waals surface area (Å²) in [5, 5.41) is 0.548. The van der Waals surface area contributed by atoms with Gasteiger partial charge in [-0.3, -0.25) is 4.79 Å². The second kappa shape index (κ2) is 7.87. The number of carbonyl (C=O) groups is 2. The van der Waals surface area contributed by atoms with E-state index >= 15 is 0 Å². The monoisotopic (exact) mass is 335 g/mol. The standard InChI is InChI=1S/C16H14ClNO3S/c17-13-7-3-1-5-11(13)9-21-16(20)12-6-2-4-8-14(12)22-10-15(18)19/h1-8H,9-10H2,(H2,18,19). The van der Waals surface area contributed by atoms with Crippen molar-refractivity contribution in [1.82, 2.24) is 0 Å². The summed E-state index contributed by atoms with van der Waals surface area (Å²) >= 11 is 7.23. The van der Waals surface area contributed by atoms with Crippen molar-refractivity contribution in [2.45, 2.75) is 11.5 Å². The Labute approximate surface area is 137 Å². The average molecular weight is 336 g/mol. The number of nitrogens with two attached hydrogens (primary N) is 1. The number of ether oxygens (including phenoxy) is 1. The number of rotatable bonds is 6. The summed E-state index contributed by atoms with van der Waals surface area (Å²) in [6.45, 7) is 0.0906. The largest absolute Gasteiger partial charge is 0.457 e. The van der Waals surface area contributed by atoms with Gasteiger partial charge in [0.1, 0.15) is 6.61 Å². The first-order chi connectivity index (χ1) is 10.6. The van der Waals surface area contributed by atoms with Gasteiger partial charge in [0.2, 0.25) is 5.91 Å². The van der Waals surface area contributed by atoms with Gasteiger partial charge in [-0.05, 0) is 18.2 Å². The van der Waals surface area contributed by atoms with Gasteiger partial charge >= 0.3 is 5.97 Å². The van der Waals surface area contributed by atoms with Gasteiger partial charge in [0, 0.05) is 15.5 Å². The predicted molar refractivity (Wildman–Crippen MR) is 86.9 cm³/mol. The number of hydrogen-bond acceptors (Lipinski definition) is 4. The Balaban J connectivity index is 2.06. The molecule has 0 saturated heterocycles. The summed E-state index contributed by atoms with van der Waals surface area (Å²) in [6, 6.07) is 14.1. The summed E-state index contributed by atoms with van der Waals surface area (Å²) < 4.78 is 5.29. The minimum Gasteiger partial charge on any atom is -0.457 e. The quantitative estimate of drug-likeness (QED) is 0.649. The highest BCUT2D eigenvalue weighted by Crippen LogP contribution is 2.24. The molecule has 0 saturated carbocycles. The fourth-order valence-corrected chi connectivity index (χ4v) is 2.72. The number of carbonyl (C=O) groups excluding carboxylic acids is 2. The molecule has 6 heteroatoms. The van der Waals surface area contributed by atoms with E-state index in [4.69, 9.17) is 22.1 Å². The number of esters is 1. The van der Waals surface area contributed by atoms with Crippen LogP contribution < -0.4 is 5.73 Å². The van der Waals surface area contributed by atoms with Gasteiger partial charge in [0.05, 0.1) is 11.3 Å². The first-order valence-corrected chi connectivity index (χ1v) is 7.85. The van der Waals surface area contributed by atoms with Crippen LogP contribution in [0, 0.1) is 0 Å². The summed E-state index contributed by atoms with van der Waals surface area (Å²) in [5.74, 6) is -0.800. The van der Waals surface area contributed by atoms with Gasteiger partial charge in [-0.2, -0.15) is 0 Å². The maximum Gasteiger partial charge on any atom is 0.339 e. The second-order valence-electron chi connectivity index (χ2n) is 4.42. The number of thioether (sulfide) groups is 1. The molecule has 4 nitrogen and oxygen atoms in total. The van der Waals surface area contributed by atoms with Crippen molar-refractivity contribution in [2.75, 3.05) is 5.75 Å². The van der Waals surface area contributed by atoms with Crippen molar-refractivity contribution in [3.05, 3.63) is 64.7 Å². The van der Waals surface area contributed by atoms with E-state index in [9.17, 15) is 9.59 Å². The van der Waals surface area contributed by atoms with Crippen molar-refractivity contribution in [3.63, 3.8) is 0 Å². The molecule has 0 unspecified atom stereocenters. The van der Waals surface area contributed by atoms with Crippen LogP contribution in [0.3, 0.4) is 0 Å². The summed E-state index contributed by atoms with van der Waals surface area (Å²) in [7, 11) is 0. The third-order valence-electron chi connectivity index (χ3n) is 2.79. The van der Waals surface area contributed by atoms with E-state index in [0.29, 0.717) is 15.5 Å². The fraction of sp³-hybridized carbons (Fsp3) is 0.125. The first kappa shape index (κ1) is 16.4. The van der Waals surface area contributed by atoms with Crippen molar-refractivity contribution in [1.29, 1.82) is 0 Å². The maximum atomic E-state index is 12.2. The molecule has 0 radical (unpaired) electrons. The van der Waals surface area contributed by atoms with Crippen LogP contribution in [0.4, 0.5) is 0 Å². The van der Waals surface area contributed by atoms with Crippen molar-refractivity contribution >= 4 is 35.2 Å². The summed E-state index contributed by atoms with van der Waals surface area (Å²) in [6.07, 6.45) is 0. The molecule has 0 bridgehead atoms. The molecule has 0 fully saturated rings. The van der Waals surface area contributed by atoms with Gasteiger partial charge in [-0.15, -0.1) is 11.8 Å². The van der Waals surface area contributed by atoms with Crippen LogP contribution in [0.2, 0.25) is 5.02 Å². The molecule has 114 valence electrons. The van der Waals surface area contributed by atoms with E-state index in [-0.39, 0.29) is 12.4 Å². The van der Waals surface area contributed by atoms with Crippen LogP contribution in [-0.2, 0) is 16.1 Å². The minimum absolute atomic E-state index is 0.0906. The van der Waals surface area contributed by atoms with E-state index in [0.717, 1.165) is 5.56 Å². The Hall–Kier alpha value is -1.98. The number of hydrogen-bond donors (Lipinski definition) is 1. The topological polar surface area (TPSA) is 69.4 Å². The van der Waals surface area contributed by atoms with Crippen LogP contribution in [0.1, 0.15) is 15.9 Å². The molecule has 2 rings (SSSR count). The Morgan fingerprint density at radius 2 is 1.77 bits per heavy atom. The summed E-state index contributed by atoms with van der Waals surface area (Å²) in [5.41, 5.74) is 6.27. The molecule has 22 heavy (non-hydrogen) atoms. The molecule has 1 amide bonds. The molecule has 0 aliphatic carbocycles. The van der Waals surface area contributed by atoms with Crippen LogP contribution in [0.5, 0.6) is 0 Å². The summed E-state index contributed by atoms with van der Waals surface area (Å²) in [4.78, 5) is 23.7. The van der Waals surface area contributed by atoms with E-state index in [1.807, 2.05) is 12.1 Å². The highest BCUT2D eigenvalue weighted by atomic mass is 35.5. The molecule has 0 aliphatic rings. The average Bonchev–Trinajstić information content (AvgIpc) is 2.52. The minimum atomic E-state index is -0.465. The Kier molecular flexibility index (Phi) is 5.86. The van der Waals surface area contributed by atoms with Crippen LogP contribution in [-0.4, -0.2) is 17.6 Å². The van der Waals surface area contributed by atoms with Crippen molar-refractivity contribution < 1.29 is 14.3 Å². The lowest BCUT2D eigenvalue weighted by Gasteiger charge is -2.09. The van der Waals surface area contributed by atoms with E-state index in [1.54, 1.807) is 36.4 Å². The Bertz CT molecular complexity index is 691. The van der Waals surface area contributed by atoms with Crippen LogP contribution in [0.15, 0.2) is 53.4 Å². The number of halogens is 1. The van der Waals surface area contributed by atoms with Gasteiger partial charge < -0.3 is 10.5 Å². The first-order valence-electron chi connectivity index (χ1n) is 6.48. The smallest absolute Gasteiger partial charge is 0.339 e. The van der Waals surface area contributed by atoms with E-state index < -0.39 is 11.9 Å². The SMILES string of the molecule is NC(=O)CSc1ccccc1C(=O)OCc1ccccc1Cl. The maximum absolute atomic E-state index is 12.2. The van der Waals surface area contributed by atoms with Crippen molar-refractivity contribution in [3.8, 4) is 0 Å². The van der Waals surface area contributed by atoms with Gasteiger partial charge in [-0.25, -0.2) is 4.79 Å². The molecule has 0 aliphatic heterocycles. The zero-order valence-electron chi connectivity index (χ0n) is 11.6. The molecule has 0 atom stereocenters. The zero-order chi connectivity index (χ0) is 15.9. The lowest BCUT2D eigenvalue weighted by molar-refractivity contribution is -0.115. The van der Waals surface area contributed by atoms with E-state index in [2.05, 4.69) is 0 Å². The molecule has 2 N–H and O–H groups in total. The van der Waals surface area contributed by atoms with E-state index in [1.165, 1.54) is 11.8 Å². The molecule has 0 spiro atoms. The molecule has 2 aromatic rings.